The number of rotatable bonds is 4. The van der Waals surface area contributed by atoms with E-state index in [1.807, 2.05) is 13.0 Å². The highest BCUT2D eigenvalue weighted by Gasteiger charge is 2.21. The lowest BCUT2D eigenvalue weighted by atomic mass is 10.1. The van der Waals surface area contributed by atoms with Crippen molar-refractivity contribution >= 4 is 15.9 Å². The molecule has 1 aliphatic heterocycles. The molecule has 1 heterocycles. The van der Waals surface area contributed by atoms with Crippen LogP contribution in [-0.2, 0) is 6.54 Å². The second-order valence-electron chi connectivity index (χ2n) is 4.94. The third-order valence-corrected chi connectivity index (χ3v) is 4.04. The lowest BCUT2D eigenvalue weighted by Crippen LogP contribution is -2.20. The van der Waals surface area contributed by atoms with Crippen molar-refractivity contribution in [2.75, 3.05) is 18.4 Å². The van der Waals surface area contributed by atoms with Gasteiger partial charge in [0.05, 0.1) is 0 Å². The average molecular weight is 300 g/mol. The summed E-state index contributed by atoms with van der Waals surface area (Å²) in [6.45, 7) is 5.31. The Kier molecular flexibility index (Phi) is 4.57. The molecule has 1 unspecified atom stereocenters. The van der Waals surface area contributed by atoms with Crippen LogP contribution in [0.1, 0.15) is 24.0 Å². The topological polar surface area (TPSA) is 3.24 Å². The minimum Gasteiger partial charge on any atom is -0.299 e. The molecule has 3 heteroatoms. The first kappa shape index (κ1) is 13.0. The Balaban J connectivity index is 1.93. The van der Waals surface area contributed by atoms with Crippen molar-refractivity contribution in [3.05, 3.63) is 35.1 Å². The van der Waals surface area contributed by atoms with Crippen LogP contribution in [0.15, 0.2) is 18.2 Å². The van der Waals surface area contributed by atoms with Crippen LogP contribution in [0.4, 0.5) is 4.39 Å². The number of hydrogen-bond acceptors (Lipinski definition) is 1. The van der Waals surface area contributed by atoms with Crippen molar-refractivity contribution in [1.82, 2.24) is 4.90 Å². The first-order valence-corrected chi connectivity index (χ1v) is 7.34. The maximum atomic E-state index is 13.0. The van der Waals surface area contributed by atoms with Crippen molar-refractivity contribution in [2.24, 2.45) is 5.92 Å². The predicted octanol–water partition coefficient (Wildman–Crippen LogP) is 3.74. The summed E-state index contributed by atoms with van der Waals surface area (Å²) in [5, 5.41) is 1.10. The third-order valence-electron chi connectivity index (χ3n) is 3.59. The SMILES string of the molecule is Cc1cc(F)ccc1CN1CCC(CCBr)C1. The molecule has 17 heavy (non-hydrogen) atoms. The van der Waals surface area contributed by atoms with Crippen LogP contribution in [0, 0.1) is 18.7 Å². The van der Waals surface area contributed by atoms with E-state index in [4.69, 9.17) is 0 Å². The van der Waals surface area contributed by atoms with Gasteiger partial charge >= 0.3 is 0 Å². The Morgan fingerprint density at radius 2 is 2.29 bits per heavy atom. The molecular formula is C14H19BrFN. The van der Waals surface area contributed by atoms with Gasteiger partial charge < -0.3 is 0 Å². The Morgan fingerprint density at radius 1 is 1.47 bits per heavy atom. The fraction of sp³-hybridized carbons (Fsp3) is 0.571. The number of aryl methyl sites for hydroxylation is 1. The summed E-state index contributed by atoms with van der Waals surface area (Å²) in [6, 6.07) is 5.11. The molecule has 1 fully saturated rings. The largest absolute Gasteiger partial charge is 0.299 e. The van der Waals surface area contributed by atoms with E-state index in [1.165, 1.54) is 31.5 Å². The van der Waals surface area contributed by atoms with Gasteiger partial charge in [-0.1, -0.05) is 22.0 Å². The molecule has 1 atom stereocenters. The highest BCUT2D eigenvalue weighted by Crippen LogP contribution is 2.23. The molecule has 1 aliphatic rings. The number of halogens is 2. The molecular weight excluding hydrogens is 281 g/mol. The lowest BCUT2D eigenvalue weighted by Gasteiger charge is -2.17. The smallest absolute Gasteiger partial charge is 0.123 e. The zero-order valence-corrected chi connectivity index (χ0v) is 11.8. The highest BCUT2D eigenvalue weighted by atomic mass is 79.9. The summed E-state index contributed by atoms with van der Waals surface area (Å²) in [5.41, 5.74) is 2.32. The van der Waals surface area contributed by atoms with E-state index in [9.17, 15) is 4.39 Å². The van der Waals surface area contributed by atoms with Gasteiger partial charge in [-0.05, 0) is 55.5 Å². The molecule has 0 spiro atoms. The summed E-state index contributed by atoms with van der Waals surface area (Å²) in [5.74, 6) is 0.694. The Labute approximate surface area is 111 Å². The fourth-order valence-corrected chi connectivity index (χ4v) is 3.17. The fourth-order valence-electron chi connectivity index (χ4n) is 2.52. The molecule has 0 amide bonds. The first-order chi connectivity index (χ1) is 8.19. The first-order valence-electron chi connectivity index (χ1n) is 6.22. The van der Waals surface area contributed by atoms with Crippen molar-refractivity contribution in [3.63, 3.8) is 0 Å². The second-order valence-corrected chi connectivity index (χ2v) is 5.73. The minimum absolute atomic E-state index is 0.134. The van der Waals surface area contributed by atoms with E-state index in [1.54, 1.807) is 12.1 Å². The van der Waals surface area contributed by atoms with E-state index in [0.29, 0.717) is 0 Å². The van der Waals surface area contributed by atoms with Crippen LogP contribution in [-0.4, -0.2) is 23.3 Å². The highest BCUT2D eigenvalue weighted by molar-refractivity contribution is 9.09. The molecule has 0 aliphatic carbocycles. The average Bonchev–Trinajstić information content (AvgIpc) is 2.71. The zero-order chi connectivity index (χ0) is 12.3. The van der Waals surface area contributed by atoms with Crippen molar-refractivity contribution < 1.29 is 4.39 Å². The molecule has 1 aromatic carbocycles. The number of nitrogens with zero attached hydrogens (tertiary/aromatic N) is 1. The normalized spacial score (nSPS) is 21.0. The minimum atomic E-state index is -0.134. The number of alkyl halides is 1. The van der Waals surface area contributed by atoms with Crippen molar-refractivity contribution in [1.29, 1.82) is 0 Å². The van der Waals surface area contributed by atoms with Gasteiger partial charge in [-0.3, -0.25) is 4.90 Å². The molecule has 2 rings (SSSR count). The van der Waals surface area contributed by atoms with E-state index < -0.39 is 0 Å². The van der Waals surface area contributed by atoms with Gasteiger partial charge in [-0.15, -0.1) is 0 Å². The summed E-state index contributed by atoms with van der Waals surface area (Å²) >= 11 is 3.51. The van der Waals surface area contributed by atoms with Crippen LogP contribution in [0.5, 0.6) is 0 Å². The summed E-state index contributed by atoms with van der Waals surface area (Å²) < 4.78 is 13.0. The Morgan fingerprint density at radius 3 is 3.00 bits per heavy atom. The summed E-state index contributed by atoms with van der Waals surface area (Å²) in [6.07, 6.45) is 2.56. The van der Waals surface area contributed by atoms with Gasteiger partial charge in [0.2, 0.25) is 0 Å². The van der Waals surface area contributed by atoms with Gasteiger partial charge in [-0.2, -0.15) is 0 Å². The van der Waals surface area contributed by atoms with E-state index in [2.05, 4.69) is 20.8 Å². The molecule has 0 aromatic heterocycles. The molecule has 0 saturated carbocycles. The number of likely N-dealkylation sites (tertiary alicyclic amines) is 1. The summed E-state index contributed by atoms with van der Waals surface area (Å²) in [7, 11) is 0. The molecule has 0 bridgehead atoms. The molecule has 1 saturated heterocycles. The Hall–Kier alpha value is -0.410. The molecule has 0 radical (unpaired) electrons. The van der Waals surface area contributed by atoms with Crippen LogP contribution >= 0.6 is 15.9 Å². The van der Waals surface area contributed by atoms with Gasteiger partial charge in [0.1, 0.15) is 5.82 Å². The number of benzene rings is 1. The molecule has 0 N–H and O–H groups in total. The summed E-state index contributed by atoms with van der Waals surface area (Å²) in [4.78, 5) is 2.48. The maximum Gasteiger partial charge on any atom is 0.123 e. The zero-order valence-electron chi connectivity index (χ0n) is 10.3. The second kappa shape index (κ2) is 5.96. The maximum absolute atomic E-state index is 13.0. The van der Waals surface area contributed by atoms with Crippen LogP contribution in [0.3, 0.4) is 0 Å². The van der Waals surface area contributed by atoms with Gasteiger partial charge in [0, 0.05) is 18.4 Å². The molecule has 1 nitrogen and oxygen atoms in total. The van der Waals surface area contributed by atoms with Crippen LogP contribution in [0.2, 0.25) is 0 Å². The van der Waals surface area contributed by atoms with Crippen molar-refractivity contribution in [2.45, 2.75) is 26.3 Å². The van der Waals surface area contributed by atoms with Gasteiger partial charge in [0.25, 0.3) is 0 Å². The lowest BCUT2D eigenvalue weighted by molar-refractivity contribution is 0.315. The molecule has 1 aromatic rings. The Bertz CT molecular complexity index is 380. The van der Waals surface area contributed by atoms with Gasteiger partial charge in [0.15, 0.2) is 0 Å². The van der Waals surface area contributed by atoms with E-state index in [-0.39, 0.29) is 5.82 Å². The van der Waals surface area contributed by atoms with Crippen LogP contribution < -0.4 is 0 Å². The monoisotopic (exact) mass is 299 g/mol. The molecule has 94 valence electrons. The van der Waals surface area contributed by atoms with Crippen molar-refractivity contribution in [3.8, 4) is 0 Å². The quantitative estimate of drug-likeness (QED) is 0.766. The van der Waals surface area contributed by atoms with Crippen LogP contribution in [0.25, 0.3) is 0 Å². The number of hydrogen-bond donors (Lipinski definition) is 0. The van der Waals surface area contributed by atoms with E-state index in [0.717, 1.165) is 23.4 Å². The standard InChI is InChI=1S/C14H19BrFN/c1-11-8-14(16)3-2-13(11)10-17-7-5-12(9-17)4-6-15/h2-3,8,12H,4-7,9-10H2,1H3. The van der Waals surface area contributed by atoms with Gasteiger partial charge in [-0.25, -0.2) is 4.39 Å². The third kappa shape index (κ3) is 3.52. The van der Waals surface area contributed by atoms with E-state index >= 15 is 0 Å². The predicted molar refractivity (Wildman–Crippen MR) is 72.9 cm³/mol.